The van der Waals surface area contributed by atoms with Crippen LogP contribution in [0.3, 0.4) is 0 Å². The van der Waals surface area contributed by atoms with Gasteiger partial charge in [-0.1, -0.05) is 19.4 Å². The van der Waals surface area contributed by atoms with Crippen molar-refractivity contribution < 1.29 is 4.79 Å². The SMILES string of the molecule is CC=CC(=O)NC1CCC(CC)CC1. The molecule has 2 heteroatoms. The summed E-state index contributed by atoms with van der Waals surface area (Å²) in [5.41, 5.74) is 0. The van der Waals surface area contributed by atoms with E-state index in [9.17, 15) is 4.79 Å². The second-order valence-corrected chi connectivity index (χ2v) is 4.13. The van der Waals surface area contributed by atoms with Gasteiger partial charge in [-0.25, -0.2) is 0 Å². The molecule has 0 heterocycles. The molecule has 14 heavy (non-hydrogen) atoms. The van der Waals surface area contributed by atoms with Crippen LogP contribution in [0, 0.1) is 5.92 Å². The fourth-order valence-electron chi connectivity index (χ4n) is 2.12. The van der Waals surface area contributed by atoms with Crippen LogP contribution in [-0.4, -0.2) is 11.9 Å². The molecular formula is C12H21NO. The van der Waals surface area contributed by atoms with Crippen LogP contribution in [0.1, 0.15) is 46.0 Å². The maximum absolute atomic E-state index is 11.3. The lowest BCUT2D eigenvalue weighted by atomic mass is 9.84. The first-order valence-corrected chi connectivity index (χ1v) is 5.69. The van der Waals surface area contributed by atoms with Crippen LogP contribution in [0.5, 0.6) is 0 Å². The van der Waals surface area contributed by atoms with Gasteiger partial charge in [0.25, 0.3) is 0 Å². The van der Waals surface area contributed by atoms with Gasteiger partial charge in [-0.05, 0) is 44.6 Å². The van der Waals surface area contributed by atoms with Crippen LogP contribution < -0.4 is 5.32 Å². The largest absolute Gasteiger partial charge is 0.350 e. The van der Waals surface area contributed by atoms with E-state index in [0.29, 0.717) is 6.04 Å². The summed E-state index contributed by atoms with van der Waals surface area (Å²) >= 11 is 0. The number of hydrogen-bond acceptors (Lipinski definition) is 1. The highest BCUT2D eigenvalue weighted by atomic mass is 16.1. The van der Waals surface area contributed by atoms with Crippen molar-refractivity contribution in [2.45, 2.75) is 52.0 Å². The molecule has 0 aliphatic heterocycles. The van der Waals surface area contributed by atoms with Gasteiger partial charge in [0.05, 0.1) is 0 Å². The molecule has 80 valence electrons. The van der Waals surface area contributed by atoms with Crippen LogP contribution in [0.15, 0.2) is 12.2 Å². The molecule has 0 aromatic rings. The Morgan fingerprint density at radius 3 is 2.50 bits per heavy atom. The number of rotatable bonds is 3. The third-order valence-corrected chi connectivity index (χ3v) is 3.09. The monoisotopic (exact) mass is 195 g/mol. The van der Waals surface area contributed by atoms with Gasteiger partial charge >= 0.3 is 0 Å². The van der Waals surface area contributed by atoms with Crippen molar-refractivity contribution in [2.75, 3.05) is 0 Å². The summed E-state index contributed by atoms with van der Waals surface area (Å²) in [6.45, 7) is 4.12. The van der Waals surface area contributed by atoms with Crippen LogP contribution in [-0.2, 0) is 4.79 Å². The van der Waals surface area contributed by atoms with Crippen molar-refractivity contribution in [3.05, 3.63) is 12.2 Å². The topological polar surface area (TPSA) is 29.1 Å². The lowest BCUT2D eigenvalue weighted by molar-refractivity contribution is -0.117. The summed E-state index contributed by atoms with van der Waals surface area (Å²) in [5.74, 6) is 0.956. The molecule has 1 N–H and O–H groups in total. The van der Waals surface area contributed by atoms with Crippen LogP contribution in [0.25, 0.3) is 0 Å². The molecule has 0 radical (unpaired) electrons. The Hall–Kier alpha value is -0.790. The first-order valence-electron chi connectivity index (χ1n) is 5.69. The van der Waals surface area contributed by atoms with Crippen LogP contribution >= 0.6 is 0 Å². The zero-order chi connectivity index (χ0) is 10.4. The van der Waals surface area contributed by atoms with E-state index < -0.39 is 0 Å². The molecule has 0 unspecified atom stereocenters. The molecule has 2 nitrogen and oxygen atoms in total. The maximum Gasteiger partial charge on any atom is 0.243 e. The highest BCUT2D eigenvalue weighted by Crippen LogP contribution is 2.26. The highest BCUT2D eigenvalue weighted by Gasteiger charge is 2.20. The minimum absolute atomic E-state index is 0.0625. The second kappa shape index (κ2) is 5.84. The molecule has 0 atom stereocenters. The van der Waals surface area contributed by atoms with Gasteiger partial charge in [0.1, 0.15) is 0 Å². The standard InChI is InChI=1S/C12H21NO/c1-3-5-12(14)13-11-8-6-10(4-2)7-9-11/h3,5,10-11H,4,6-9H2,1-2H3,(H,13,14). The summed E-state index contributed by atoms with van der Waals surface area (Å²) in [7, 11) is 0. The molecule has 0 aromatic heterocycles. The number of allylic oxidation sites excluding steroid dienone is 1. The Labute approximate surface area is 86.8 Å². The molecule has 0 saturated heterocycles. The smallest absolute Gasteiger partial charge is 0.243 e. The molecule has 1 amide bonds. The second-order valence-electron chi connectivity index (χ2n) is 4.13. The molecule has 0 bridgehead atoms. The first-order chi connectivity index (χ1) is 6.76. The lowest BCUT2D eigenvalue weighted by Crippen LogP contribution is -2.36. The van der Waals surface area contributed by atoms with Gasteiger partial charge in [-0.3, -0.25) is 4.79 Å². The molecule has 1 saturated carbocycles. The minimum atomic E-state index is 0.0625. The average Bonchev–Trinajstić information content (AvgIpc) is 2.19. The van der Waals surface area contributed by atoms with E-state index in [4.69, 9.17) is 0 Å². The molecule has 0 spiro atoms. The Balaban J connectivity index is 2.25. The van der Waals surface area contributed by atoms with Gasteiger partial charge in [0.2, 0.25) is 5.91 Å². The van der Waals surface area contributed by atoms with Crippen molar-refractivity contribution in [3.63, 3.8) is 0 Å². The van der Waals surface area contributed by atoms with Crippen molar-refractivity contribution in [3.8, 4) is 0 Å². The summed E-state index contributed by atoms with van der Waals surface area (Å²) in [4.78, 5) is 11.3. The predicted molar refractivity (Wildman–Crippen MR) is 59.0 cm³/mol. The van der Waals surface area contributed by atoms with E-state index in [1.807, 2.05) is 6.92 Å². The van der Waals surface area contributed by atoms with Gasteiger partial charge < -0.3 is 5.32 Å². The van der Waals surface area contributed by atoms with Gasteiger partial charge in [0, 0.05) is 6.04 Å². The summed E-state index contributed by atoms with van der Waals surface area (Å²) < 4.78 is 0. The number of amides is 1. The first kappa shape index (κ1) is 11.3. The molecular weight excluding hydrogens is 174 g/mol. The van der Waals surface area contributed by atoms with E-state index in [-0.39, 0.29) is 5.91 Å². The number of carbonyl (C=O) groups excluding carboxylic acids is 1. The summed E-state index contributed by atoms with van der Waals surface area (Å²) in [6, 6.07) is 0.418. The van der Waals surface area contributed by atoms with E-state index >= 15 is 0 Å². The lowest BCUT2D eigenvalue weighted by Gasteiger charge is -2.28. The van der Waals surface area contributed by atoms with E-state index in [2.05, 4.69) is 12.2 Å². The Kier molecular flexibility index (Phi) is 4.71. The van der Waals surface area contributed by atoms with Crippen LogP contribution in [0.4, 0.5) is 0 Å². The molecule has 1 rings (SSSR count). The normalized spacial score (nSPS) is 27.9. The van der Waals surface area contributed by atoms with Crippen molar-refractivity contribution >= 4 is 5.91 Å². The zero-order valence-electron chi connectivity index (χ0n) is 9.25. The number of nitrogens with one attached hydrogen (secondary N) is 1. The van der Waals surface area contributed by atoms with Gasteiger partial charge in [-0.15, -0.1) is 0 Å². The number of hydrogen-bond donors (Lipinski definition) is 1. The quantitative estimate of drug-likeness (QED) is 0.689. The third kappa shape index (κ3) is 3.52. The van der Waals surface area contributed by atoms with E-state index in [0.717, 1.165) is 18.8 Å². The Bertz CT molecular complexity index is 202. The third-order valence-electron chi connectivity index (χ3n) is 3.09. The maximum atomic E-state index is 11.3. The Morgan fingerprint density at radius 2 is 2.00 bits per heavy atom. The highest BCUT2D eigenvalue weighted by molar-refractivity contribution is 5.87. The van der Waals surface area contributed by atoms with Crippen molar-refractivity contribution in [1.29, 1.82) is 0 Å². The summed E-state index contributed by atoms with van der Waals surface area (Å²) in [6.07, 6.45) is 9.53. The average molecular weight is 195 g/mol. The van der Waals surface area contributed by atoms with E-state index in [1.54, 1.807) is 12.2 Å². The van der Waals surface area contributed by atoms with Gasteiger partial charge in [0.15, 0.2) is 0 Å². The van der Waals surface area contributed by atoms with Gasteiger partial charge in [-0.2, -0.15) is 0 Å². The number of carbonyl (C=O) groups is 1. The van der Waals surface area contributed by atoms with Crippen LogP contribution in [0.2, 0.25) is 0 Å². The fourth-order valence-corrected chi connectivity index (χ4v) is 2.12. The van der Waals surface area contributed by atoms with Crippen molar-refractivity contribution in [1.82, 2.24) is 5.32 Å². The predicted octanol–water partition coefficient (Wildman–Crippen LogP) is 2.65. The van der Waals surface area contributed by atoms with E-state index in [1.165, 1.54) is 19.3 Å². The molecule has 1 aliphatic carbocycles. The Morgan fingerprint density at radius 1 is 1.36 bits per heavy atom. The summed E-state index contributed by atoms with van der Waals surface area (Å²) in [5, 5.41) is 3.04. The molecule has 1 aliphatic rings. The minimum Gasteiger partial charge on any atom is -0.350 e. The molecule has 1 fully saturated rings. The van der Waals surface area contributed by atoms with Crippen molar-refractivity contribution in [2.24, 2.45) is 5.92 Å². The molecule has 0 aromatic carbocycles. The zero-order valence-corrected chi connectivity index (χ0v) is 9.25. The fraction of sp³-hybridized carbons (Fsp3) is 0.750.